The Bertz CT molecular complexity index is 1540. The van der Waals surface area contributed by atoms with Crippen LogP contribution < -0.4 is 5.43 Å². The van der Waals surface area contributed by atoms with Gasteiger partial charge in [0.25, 0.3) is 5.91 Å². The number of fused-ring (bicyclic) bond motifs is 1. The molecule has 0 saturated carbocycles. The molecule has 0 heterocycles. The van der Waals surface area contributed by atoms with Gasteiger partial charge in [0.2, 0.25) is 10.0 Å². The molecule has 7 nitrogen and oxygen atoms in total. The van der Waals surface area contributed by atoms with Gasteiger partial charge in [-0.05, 0) is 46.7 Å². The summed E-state index contributed by atoms with van der Waals surface area (Å²) in [5, 5.41) is 16.4. The zero-order valence-electron chi connectivity index (χ0n) is 18.8. The van der Waals surface area contributed by atoms with Gasteiger partial charge in [-0.15, -0.1) is 0 Å². The summed E-state index contributed by atoms with van der Waals surface area (Å²) in [5.41, 5.74) is 3.33. The lowest BCUT2D eigenvalue weighted by molar-refractivity contribution is -0.121. The molecular weight excluding hydrogens is 521 g/mol. The van der Waals surface area contributed by atoms with Crippen LogP contribution in [0.25, 0.3) is 10.8 Å². The van der Waals surface area contributed by atoms with Gasteiger partial charge in [0.1, 0.15) is 5.75 Å². The standard InChI is InChI=1S/C26H21Cl2N3O4S/c27-23-12-10-18(14-24(23)28)16-31(36(34,35)20-7-2-1-3-8-20)17-26(33)30-29-15-22-21-9-5-4-6-19(21)11-13-25(22)32/h1-15,32H,16-17H2,(H,30,33)/b29-15-. The smallest absolute Gasteiger partial charge is 0.255 e. The van der Waals surface area contributed by atoms with Crippen LogP contribution >= 0.6 is 23.2 Å². The summed E-state index contributed by atoms with van der Waals surface area (Å²) in [5.74, 6) is -0.662. The van der Waals surface area contributed by atoms with E-state index in [0.717, 1.165) is 15.1 Å². The van der Waals surface area contributed by atoms with Crippen LogP contribution in [0.3, 0.4) is 0 Å². The van der Waals surface area contributed by atoms with Crippen molar-refractivity contribution >= 4 is 56.1 Å². The highest BCUT2D eigenvalue weighted by atomic mass is 35.5. The van der Waals surface area contributed by atoms with E-state index in [2.05, 4.69) is 10.5 Å². The van der Waals surface area contributed by atoms with Gasteiger partial charge in [0.15, 0.2) is 0 Å². The predicted octanol–water partition coefficient (Wildman–Crippen LogP) is 5.19. The number of amides is 1. The van der Waals surface area contributed by atoms with E-state index in [1.165, 1.54) is 24.4 Å². The van der Waals surface area contributed by atoms with Gasteiger partial charge >= 0.3 is 0 Å². The highest BCUT2D eigenvalue weighted by Crippen LogP contribution is 2.26. The van der Waals surface area contributed by atoms with Crippen LogP contribution in [-0.4, -0.2) is 36.5 Å². The van der Waals surface area contributed by atoms with E-state index in [9.17, 15) is 18.3 Å². The molecule has 0 aliphatic carbocycles. The fourth-order valence-electron chi connectivity index (χ4n) is 3.59. The van der Waals surface area contributed by atoms with Crippen LogP contribution in [0.4, 0.5) is 0 Å². The van der Waals surface area contributed by atoms with Crippen LogP contribution in [0.5, 0.6) is 5.75 Å². The van der Waals surface area contributed by atoms with Crippen molar-refractivity contribution in [1.82, 2.24) is 9.73 Å². The van der Waals surface area contributed by atoms with E-state index in [1.807, 2.05) is 24.3 Å². The molecule has 0 fully saturated rings. The number of phenols is 1. The molecule has 0 unspecified atom stereocenters. The molecule has 184 valence electrons. The van der Waals surface area contributed by atoms with Gasteiger partial charge in [0.05, 0.1) is 27.7 Å². The van der Waals surface area contributed by atoms with Crippen molar-refractivity contribution in [2.75, 3.05) is 6.54 Å². The zero-order valence-corrected chi connectivity index (χ0v) is 21.1. The van der Waals surface area contributed by atoms with Gasteiger partial charge in [-0.25, -0.2) is 13.8 Å². The molecule has 36 heavy (non-hydrogen) atoms. The summed E-state index contributed by atoms with van der Waals surface area (Å²) in [4.78, 5) is 12.8. The van der Waals surface area contributed by atoms with Crippen molar-refractivity contribution in [3.8, 4) is 5.75 Å². The molecule has 0 aliphatic rings. The number of hydrazone groups is 1. The van der Waals surface area contributed by atoms with Crippen LogP contribution in [0.2, 0.25) is 10.0 Å². The molecule has 0 saturated heterocycles. The van der Waals surface area contributed by atoms with Crippen molar-refractivity contribution in [3.63, 3.8) is 0 Å². The lowest BCUT2D eigenvalue weighted by Crippen LogP contribution is -2.39. The van der Waals surface area contributed by atoms with Gasteiger partial charge in [-0.3, -0.25) is 4.79 Å². The fraction of sp³-hybridized carbons (Fsp3) is 0.0769. The third-order valence-electron chi connectivity index (χ3n) is 5.37. The van der Waals surface area contributed by atoms with Gasteiger partial charge in [-0.2, -0.15) is 9.41 Å². The Balaban J connectivity index is 1.56. The summed E-state index contributed by atoms with van der Waals surface area (Å²) in [6, 6.07) is 23.3. The molecule has 10 heteroatoms. The number of benzene rings is 4. The first-order chi connectivity index (χ1) is 17.3. The van der Waals surface area contributed by atoms with Crippen molar-refractivity contribution in [2.45, 2.75) is 11.4 Å². The molecule has 0 spiro atoms. The minimum Gasteiger partial charge on any atom is -0.507 e. The van der Waals surface area contributed by atoms with Crippen molar-refractivity contribution in [1.29, 1.82) is 0 Å². The molecule has 0 aromatic heterocycles. The second kappa shape index (κ2) is 11.1. The maximum Gasteiger partial charge on any atom is 0.255 e. The number of nitrogens with one attached hydrogen (secondary N) is 1. The Morgan fingerprint density at radius 3 is 2.42 bits per heavy atom. The van der Waals surface area contributed by atoms with Gasteiger partial charge in [0, 0.05) is 12.1 Å². The summed E-state index contributed by atoms with van der Waals surface area (Å²) in [6.45, 7) is -0.619. The predicted molar refractivity (Wildman–Crippen MR) is 142 cm³/mol. The SMILES string of the molecule is O=C(CN(Cc1ccc(Cl)c(Cl)c1)S(=O)(=O)c1ccccc1)N/N=C\c1c(O)ccc2ccccc12. The van der Waals surface area contributed by atoms with Crippen molar-refractivity contribution in [3.05, 3.63) is 106 Å². The van der Waals surface area contributed by atoms with Crippen molar-refractivity contribution in [2.24, 2.45) is 5.10 Å². The zero-order chi connectivity index (χ0) is 25.7. The van der Waals surface area contributed by atoms with Crippen LogP contribution in [0.1, 0.15) is 11.1 Å². The van der Waals surface area contributed by atoms with E-state index in [0.29, 0.717) is 16.1 Å². The molecule has 0 aliphatic heterocycles. The van der Waals surface area contributed by atoms with E-state index in [-0.39, 0.29) is 22.2 Å². The first-order valence-electron chi connectivity index (χ1n) is 10.8. The van der Waals surface area contributed by atoms with Crippen molar-refractivity contribution < 1.29 is 18.3 Å². The molecule has 0 bridgehead atoms. The minimum atomic E-state index is -4.03. The monoisotopic (exact) mass is 541 g/mol. The van der Waals surface area contributed by atoms with E-state index >= 15 is 0 Å². The van der Waals surface area contributed by atoms with E-state index in [4.69, 9.17) is 23.2 Å². The van der Waals surface area contributed by atoms with E-state index in [1.54, 1.807) is 42.5 Å². The quantitative estimate of drug-likeness (QED) is 0.236. The summed E-state index contributed by atoms with van der Waals surface area (Å²) in [6.07, 6.45) is 1.32. The van der Waals surface area contributed by atoms with Gasteiger partial charge in [-0.1, -0.05) is 77.8 Å². The molecular formula is C26H21Cl2N3O4S. The number of aromatic hydroxyl groups is 1. The highest BCUT2D eigenvalue weighted by Gasteiger charge is 2.27. The lowest BCUT2D eigenvalue weighted by Gasteiger charge is -2.21. The maximum absolute atomic E-state index is 13.3. The van der Waals surface area contributed by atoms with Crippen LogP contribution in [0, 0.1) is 0 Å². The van der Waals surface area contributed by atoms with Gasteiger partial charge < -0.3 is 5.11 Å². The largest absolute Gasteiger partial charge is 0.507 e. The van der Waals surface area contributed by atoms with Crippen LogP contribution in [-0.2, 0) is 21.4 Å². The molecule has 2 N–H and O–H groups in total. The first-order valence-corrected chi connectivity index (χ1v) is 13.0. The Morgan fingerprint density at radius 2 is 1.67 bits per heavy atom. The Morgan fingerprint density at radius 1 is 0.944 bits per heavy atom. The summed E-state index contributed by atoms with van der Waals surface area (Å²) < 4.78 is 27.7. The second-order valence-corrected chi connectivity index (χ2v) is 10.6. The number of phenolic OH excluding ortho intramolecular Hbond substituents is 1. The first kappa shape index (κ1) is 25.7. The number of carbonyl (C=O) groups is 1. The maximum atomic E-state index is 13.3. The molecule has 0 radical (unpaired) electrons. The number of halogens is 2. The number of rotatable bonds is 8. The molecule has 4 rings (SSSR count). The molecule has 4 aromatic rings. The minimum absolute atomic E-state index is 0.000372. The third-order valence-corrected chi connectivity index (χ3v) is 7.92. The number of hydrogen-bond donors (Lipinski definition) is 2. The third kappa shape index (κ3) is 5.85. The number of carbonyl (C=O) groups excluding carboxylic acids is 1. The second-order valence-electron chi connectivity index (χ2n) is 7.85. The number of nitrogens with zero attached hydrogens (tertiary/aromatic N) is 2. The average molecular weight is 542 g/mol. The topological polar surface area (TPSA) is 99.1 Å². The number of sulfonamides is 1. The number of hydrogen-bond acceptors (Lipinski definition) is 5. The molecule has 1 amide bonds. The average Bonchev–Trinajstić information content (AvgIpc) is 2.87. The molecule has 4 aromatic carbocycles. The highest BCUT2D eigenvalue weighted by molar-refractivity contribution is 7.89. The summed E-state index contributed by atoms with van der Waals surface area (Å²) in [7, 11) is -4.03. The molecule has 0 atom stereocenters. The Kier molecular flexibility index (Phi) is 7.91. The fourth-order valence-corrected chi connectivity index (χ4v) is 5.32. The van der Waals surface area contributed by atoms with E-state index < -0.39 is 22.5 Å². The Hall–Kier alpha value is -3.43. The normalized spacial score (nSPS) is 11.9. The lowest BCUT2D eigenvalue weighted by atomic mass is 10.0. The van der Waals surface area contributed by atoms with Crippen LogP contribution in [0.15, 0.2) is 94.9 Å². The summed E-state index contributed by atoms with van der Waals surface area (Å²) >= 11 is 12.1. The Labute approximate surface area is 218 Å².